The van der Waals surface area contributed by atoms with Crippen molar-refractivity contribution in [3.63, 3.8) is 0 Å². The first-order valence-electron chi connectivity index (χ1n) is 5.57. The maximum atomic E-state index is 13.2. The van der Waals surface area contributed by atoms with Crippen molar-refractivity contribution in [2.24, 2.45) is 0 Å². The van der Waals surface area contributed by atoms with E-state index >= 15 is 0 Å². The molecule has 0 saturated carbocycles. The molecule has 6 heteroatoms. The third-order valence-corrected chi connectivity index (χ3v) is 3.26. The number of carboxylic acid groups (broad SMARTS) is 1. The first-order valence-corrected chi connectivity index (χ1v) is 6.74. The minimum absolute atomic E-state index is 0.0143. The van der Waals surface area contributed by atoms with Gasteiger partial charge in [-0.25, -0.2) is 9.18 Å². The summed E-state index contributed by atoms with van der Waals surface area (Å²) in [6, 6.07) is 8.76. The number of ether oxygens (including phenoxy) is 1. The second-order valence-electron chi connectivity index (χ2n) is 3.99. The molecular formula is C14H9BrClFO3. The summed E-state index contributed by atoms with van der Waals surface area (Å²) in [5.41, 5.74) is 0.529. The van der Waals surface area contributed by atoms with Crippen LogP contribution in [0.15, 0.2) is 40.9 Å². The van der Waals surface area contributed by atoms with Crippen LogP contribution in [-0.4, -0.2) is 11.1 Å². The molecule has 0 unspecified atom stereocenters. The number of para-hydroxylation sites is 1. The number of benzene rings is 2. The van der Waals surface area contributed by atoms with Gasteiger partial charge in [0.2, 0.25) is 0 Å². The second kappa shape index (κ2) is 6.24. The smallest absolute Gasteiger partial charge is 0.339 e. The van der Waals surface area contributed by atoms with E-state index in [1.165, 1.54) is 30.3 Å². The van der Waals surface area contributed by atoms with Gasteiger partial charge in [0.25, 0.3) is 0 Å². The van der Waals surface area contributed by atoms with Crippen LogP contribution < -0.4 is 4.74 Å². The Morgan fingerprint density at radius 2 is 2.10 bits per heavy atom. The van der Waals surface area contributed by atoms with E-state index in [0.29, 0.717) is 10.0 Å². The molecule has 0 bridgehead atoms. The Hall–Kier alpha value is -1.59. The van der Waals surface area contributed by atoms with Crippen LogP contribution in [0.4, 0.5) is 4.39 Å². The molecule has 0 atom stereocenters. The molecule has 1 N–H and O–H groups in total. The molecule has 0 amide bonds. The van der Waals surface area contributed by atoms with Gasteiger partial charge in [0.05, 0.1) is 5.02 Å². The second-order valence-corrected chi connectivity index (χ2v) is 5.31. The average molecular weight is 360 g/mol. The highest BCUT2D eigenvalue weighted by molar-refractivity contribution is 9.10. The SMILES string of the molecule is O=C(O)c1cccc(Cl)c1OCc1cc(F)cc(Br)c1. The van der Waals surface area contributed by atoms with Crippen molar-refractivity contribution in [1.29, 1.82) is 0 Å². The molecule has 0 spiro atoms. The summed E-state index contributed by atoms with van der Waals surface area (Å²) >= 11 is 9.11. The Kier molecular flexibility index (Phi) is 4.62. The lowest BCUT2D eigenvalue weighted by molar-refractivity contribution is 0.0691. The van der Waals surface area contributed by atoms with Crippen molar-refractivity contribution in [3.8, 4) is 5.75 Å². The summed E-state index contributed by atoms with van der Waals surface area (Å²) in [4.78, 5) is 11.1. The van der Waals surface area contributed by atoms with Gasteiger partial charge in [-0.2, -0.15) is 0 Å². The molecule has 3 nitrogen and oxygen atoms in total. The predicted molar refractivity (Wildman–Crippen MR) is 76.8 cm³/mol. The Morgan fingerprint density at radius 1 is 1.35 bits per heavy atom. The van der Waals surface area contributed by atoms with Crippen molar-refractivity contribution < 1.29 is 19.0 Å². The number of hydrogen-bond acceptors (Lipinski definition) is 2. The lowest BCUT2D eigenvalue weighted by Crippen LogP contribution is -2.04. The molecule has 0 aliphatic carbocycles. The van der Waals surface area contributed by atoms with E-state index in [1.54, 1.807) is 6.07 Å². The van der Waals surface area contributed by atoms with E-state index in [2.05, 4.69) is 15.9 Å². The van der Waals surface area contributed by atoms with E-state index in [-0.39, 0.29) is 22.9 Å². The molecule has 0 fully saturated rings. The summed E-state index contributed by atoms with van der Waals surface area (Å²) < 4.78 is 19.2. The van der Waals surface area contributed by atoms with Crippen LogP contribution in [0.25, 0.3) is 0 Å². The first-order chi connectivity index (χ1) is 9.47. The van der Waals surface area contributed by atoms with Crippen LogP contribution in [0.3, 0.4) is 0 Å². The molecule has 104 valence electrons. The normalized spacial score (nSPS) is 10.3. The van der Waals surface area contributed by atoms with E-state index in [9.17, 15) is 9.18 Å². The van der Waals surface area contributed by atoms with E-state index in [1.807, 2.05) is 0 Å². The van der Waals surface area contributed by atoms with Gasteiger partial charge < -0.3 is 9.84 Å². The zero-order valence-electron chi connectivity index (χ0n) is 10.1. The number of rotatable bonds is 4. The van der Waals surface area contributed by atoms with Crippen molar-refractivity contribution in [2.45, 2.75) is 6.61 Å². The maximum absolute atomic E-state index is 13.2. The van der Waals surface area contributed by atoms with Gasteiger partial charge in [-0.1, -0.05) is 33.6 Å². The topological polar surface area (TPSA) is 46.5 Å². The van der Waals surface area contributed by atoms with Gasteiger partial charge in [0, 0.05) is 4.47 Å². The first kappa shape index (κ1) is 14.8. The molecule has 0 saturated heterocycles. The van der Waals surface area contributed by atoms with Crippen LogP contribution in [0, 0.1) is 5.82 Å². The average Bonchev–Trinajstić information content (AvgIpc) is 2.35. The summed E-state index contributed by atoms with van der Waals surface area (Å²) in [5, 5.41) is 9.26. The molecule has 2 aromatic carbocycles. The number of halogens is 3. The quantitative estimate of drug-likeness (QED) is 0.873. The highest BCUT2D eigenvalue weighted by Gasteiger charge is 2.14. The van der Waals surface area contributed by atoms with Gasteiger partial charge in [-0.05, 0) is 35.9 Å². The van der Waals surface area contributed by atoms with Crippen LogP contribution in [0.2, 0.25) is 5.02 Å². The third-order valence-electron chi connectivity index (χ3n) is 2.50. The van der Waals surface area contributed by atoms with Gasteiger partial charge in [0.1, 0.15) is 18.0 Å². The lowest BCUT2D eigenvalue weighted by Gasteiger charge is -2.11. The number of carboxylic acids is 1. The van der Waals surface area contributed by atoms with Crippen molar-refractivity contribution in [2.75, 3.05) is 0 Å². The minimum atomic E-state index is -1.14. The standard InChI is InChI=1S/C14H9BrClFO3/c15-9-4-8(5-10(17)6-9)7-20-13-11(14(18)19)2-1-3-12(13)16/h1-6H,7H2,(H,18,19). The molecule has 0 heterocycles. The number of carbonyl (C=O) groups is 1. The van der Waals surface area contributed by atoms with Crippen LogP contribution in [0.5, 0.6) is 5.75 Å². The monoisotopic (exact) mass is 358 g/mol. The van der Waals surface area contributed by atoms with Crippen LogP contribution in [0.1, 0.15) is 15.9 Å². The minimum Gasteiger partial charge on any atom is -0.486 e. The largest absolute Gasteiger partial charge is 0.486 e. The molecule has 0 radical (unpaired) electrons. The van der Waals surface area contributed by atoms with Gasteiger partial charge >= 0.3 is 5.97 Å². The Bertz CT molecular complexity index is 641. The maximum Gasteiger partial charge on any atom is 0.339 e. The fourth-order valence-electron chi connectivity index (χ4n) is 1.67. The van der Waals surface area contributed by atoms with Gasteiger partial charge in [-0.15, -0.1) is 0 Å². The molecule has 20 heavy (non-hydrogen) atoms. The fourth-order valence-corrected chi connectivity index (χ4v) is 2.42. The summed E-state index contributed by atoms with van der Waals surface area (Å²) in [7, 11) is 0. The Balaban J connectivity index is 2.25. The summed E-state index contributed by atoms with van der Waals surface area (Å²) in [6.07, 6.45) is 0. The molecule has 2 aromatic rings. The zero-order chi connectivity index (χ0) is 14.7. The van der Waals surface area contributed by atoms with Gasteiger partial charge in [-0.3, -0.25) is 0 Å². The summed E-state index contributed by atoms with van der Waals surface area (Å²) in [5.74, 6) is -1.47. The van der Waals surface area contributed by atoms with E-state index < -0.39 is 11.8 Å². The summed E-state index contributed by atoms with van der Waals surface area (Å²) in [6.45, 7) is 0.0143. The number of hydrogen-bond donors (Lipinski definition) is 1. The highest BCUT2D eigenvalue weighted by atomic mass is 79.9. The Morgan fingerprint density at radius 3 is 2.75 bits per heavy atom. The van der Waals surface area contributed by atoms with Gasteiger partial charge in [0.15, 0.2) is 5.75 Å². The van der Waals surface area contributed by atoms with E-state index in [0.717, 1.165) is 0 Å². The molecule has 0 aliphatic rings. The lowest BCUT2D eigenvalue weighted by atomic mass is 10.2. The van der Waals surface area contributed by atoms with Crippen LogP contribution in [-0.2, 0) is 6.61 Å². The van der Waals surface area contributed by atoms with Crippen molar-refractivity contribution in [1.82, 2.24) is 0 Å². The fraction of sp³-hybridized carbons (Fsp3) is 0.0714. The number of aromatic carboxylic acids is 1. The van der Waals surface area contributed by atoms with Crippen molar-refractivity contribution in [3.05, 3.63) is 62.8 Å². The van der Waals surface area contributed by atoms with E-state index in [4.69, 9.17) is 21.4 Å². The molecule has 2 rings (SSSR count). The third kappa shape index (κ3) is 3.49. The highest BCUT2D eigenvalue weighted by Crippen LogP contribution is 2.29. The molecule has 0 aromatic heterocycles. The predicted octanol–water partition coefficient (Wildman–Crippen LogP) is 4.52. The molecule has 0 aliphatic heterocycles. The van der Waals surface area contributed by atoms with Crippen molar-refractivity contribution >= 4 is 33.5 Å². The Labute approximate surface area is 128 Å². The zero-order valence-corrected chi connectivity index (χ0v) is 12.4. The van der Waals surface area contributed by atoms with Crippen LogP contribution >= 0.6 is 27.5 Å². The molecular weight excluding hydrogens is 351 g/mol.